The van der Waals surface area contributed by atoms with Gasteiger partial charge in [-0.1, -0.05) is 37.3 Å². The molecule has 1 N–H and O–H groups in total. The maximum absolute atomic E-state index is 13.5. The van der Waals surface area contributed by atoms with E-state index in [1.165, 1.54) is 11.6 Å². The molecule has 1 heterocycles. The van der Waals surface area contributed by atoms with Crippen molar-refractivity contribution in [3.8, 4) is 0 Å². The molecular formula is C21H23F2NO2. The van der Waals surface area contributed by atoms with E-state index in [9.17, 15) is 18.7 Å². The Labute approximate surface area is 152 Å². The Balaban J connectivity index is 1.78. The summed E-state index contributed by atoms with van der Waals surface area (Å²) in [4.78, 5) is 13.6. The average molecular weight is 359 g/mol. The fourth-order valence-electron chi connectivity index (χ4n) is 3.66. The third-order valence-electron chi connectivity index (χ3n) is 5.13. The summed E-state index contributed by atoms with van der Waals surface area (Å²) < 4.78 is 26.6. The summed E-state index contributed by atoms with van der Waals surface area (Å²) in [6, 6.07) is 12.2. The second-order valence-electron chi connectivity index (χ2n) is 7.01. The maximum atomic E-state index is 13.5. The van der Waals surface area contributed by atoms with E-state index in [-0.39, 0.29) is 5.92 Å². The van der Waals surface area contributed by atoms with Gasteiger partial charge in [0.25, 0.3) is 0 Å². The third kappa shape index (κ3) is 4.28. The molecule has 1 saturated heterocycles. The van der Waals surface area contributed by atoms with Crippen LogP contribution in [-0.2, 0) is 17.8 Å². The predicted octanol–water partition coefficient (Wildman–Crippen LogP) is 4.22. The molecule has 0 bridgehead atoms. The molecule has 0 aliphatic carbocycles. The Morgan fingerprint density at radius 1 is 1.08 bits per heavy atom. The van der Waals surface area contributed by atoms with E-state index in [0.29, 0.717) is 31.6 Å². The van der Waals surface area contributed by atoms with Crippen molar-refractivity contribution in [2.24, 2.45) is 5.92 Å². The topological polar surface area (TPSA) is 40.5 Å². The fourth-order valence-corrected chi connectivity index (χ4v) is 3.66. The second-order valence-corrected chi connectivity index (χ2v) is 7.01. The largest absolute Gasteiger partial charge is 0.481 e. The molecule has 138 valence electrons. The second kappa shape index (κ2) is 7.96. The highest BCUT2D eigenvalue weighted by atomic mass is 19.2. The van der Waals surface area contributed by atoms with Crippen molar-refractivity contribution in [2.45, 2.75) is 32.2 Å². The molecule has 26 heavy (non-hydrogen) atoms. The molecule has 1 fully saturated rings. The predicted molar refractivity (Wildman–Crippen MR) is 95.9 cm³/mol. The first kappa shape index (κ1) is 18.5. The number of hydrogen-bond acceptors (Lipinski definition) is 2. The lowest BCUT2D eigenvalue weighted by atomic mass is 9.84. The molecular weight excluding hydrogens is 336 g/mol. The lowest BCUT2D eigenvalue weighted by Crippen LogP contribution is -2.41. The molecule has 0 amide bonds. The van der Waals surface area contributed by atoms with Gasteiger partial charge in [0.05, 0.1) is 5.92 Å². The van der Waals surface area contributed by atoms with Gasteiger partial charge in [-0.25, -0.2) is 8.78 Å². The average Bonchev–Trinajstić information content (AvgIpc) is 2.64. The first-order valence-electron chi connectivity index (χ1n) is 8.94. The van der Waals surface area contributed by atoms with Crippen LogP contribution >= 0.6 is 0 Å². The van der Waals surface area contributed by atoms with Crippen molar-refractivity contribution >= 4 is 5.97 Å². The van der Waals surface area contributed by atoms with E-state index >= 15 is 0 Å². The van der Waals surface area contributed by atoms with Crippen LogP contribution in [0.2, 0.25) is 0 Å². The van der Waals surface area contributed by atoms with Gasteiger partial charge in [-0.15, -0.1) is 0 Å². The summed E-state index contributed by atoms with van der Waals surface area (Å²) in [5, 5.41) is 9.51. The smallest absolute Gasteiger partial charge is 0.307 e. The van der Waals surface area contributed by atoms with Crippen LogP contribution in [0.25, 0.3) is 0 Å². The summed E-state index contributed by atoms with van der Waals surface area (Å²) in [5.41, 5.74) is 3.02. The standard InChI is InChI=1S/C21H23F2NO2/c1-2-14-3-6-16(7-4-14)17-10-18(21(25)26)13-24(12-17)11-15-5-8-19(22)20(23)9-15/h3-9,17-18H,2,10-13H2,1H3,(H,25,26). The van der Waals surface area contributed by atoms with Crippen LogP contribution in [-0.4, -0.2) is 29.1 Å². The number of piperidine rings is 1. The maximum Gasteiger partial charge on any atom is 0.307 e. The van der Waals surface area contributed by atoms with Crippen LogP contribution in [0, 0.1) is 17.6 Å². The van der Waals surface area contributed by atoms with Gasteiger partial charge in [0.15, 0.2) is 11.6 Å². The zero-order valence-corrected chi connectivity index (χ0v) is 14.8. The molecule has 1 aliphatic rings. The highest BCUT2D eigenvalue weighted by molar-refractivity contribution is 5.70. The monoisotopic (exact) mass is 359 g/mol. The van der Waals surface area contributed by atoms with Gasteiger partial charge in [-0.2, -0.15) is 0 Å². The van der Waals surface area contributed by atoms with E-state index in [4.69, 9.17) is 0 Å². The van der Waals surface area contributed by atoms with Crippen molar-refractivity contribution in [2.75, 3.05) is 13.1 Å². The minimum atomic E-state index is -0.874. The van der Waals surface area contributed by atoms with E-state index in [0.717, 1.165) is 18.1 Å². The molecule has 2 aromatic rings. The van der Waals surface area contributed by atoms with Gasteiger partial charge >= 0.3 is 5.97 Å². The summed E-state index contributed by atoms with van der Waals surface area (Å²) >= 11 is 0. The van der Waals surface area contributed by atoms with Crippen molar-refractivity contribution in [3.05, 3.63) is 70.8 Å². The van der Waals surface area contributed by atoms with Crippen LogP contribution in [0.4, 0.5) is 8.78 Å². The number of carboxylic acids is 1. The van der Waals surface area contributed by atoms with E-state index in [1.54, 1.807) is 6.07 Å². The van der Waals surface area contributed by atoms with Gasteiger partial charge in [0.1, 0.15) is 0 Å². The van der Waals surface area contributed by atoms with Gasteiger partial charge in [0, 0.05) is 19.6 Å². The summed E-state index contributed by atoms with van der Waals surface area (Å²) in [6.07, 6.45) is 1.56. The normalized spacial score (nSPS) is 20.9. The van der Waals surface area contributed by atoms with Crippen LogP contribution < -0.4 is 0 Å². The Morgan fingerprint density at radius 2 is 1.77 bits per heavy atom. The van der Waals surface area contributed by atoms with Gasteiger partial charge in [-0.05, 0) is 47.6 Å². The lowest BCUT2D eigenvalue weighted by molar-refractivity contribution is -0.144. The number of nitrogens with zero attached hydrogens (tertiary/aromatic N) is 1. The van der Waals surface area contributed by atoms with Crippen molar-refractivity contribution < 1.29 is 18.7 Å². The fraction of sp³-hybridized carbons (Fsp3) is 0.381. The molecule has 5 heteroatoms. The highest BCUT2D eigenvalue weighted by Gasteiger charge is 2.32. The lowest BCUT2D eigenvalue weighted by Gasteiger charge is -2.36. The minimum absolute atomic E-state index is 0.112. The molecule has 0 saturated carbocycles. The van der Waals surface area contributed by atoms with Gasteiger partial charge in [-0.3, -0.25) is 9.69 Å². The summed E-state index contributed by atoms with van der Waals surface area (Å²) in [6.45, 7) is 3.62. The number of rotatable bonds is 5. The van der Waals surface area contributed by atoms with Crippen molar-refractivity contribution in [1.29, 1.82) is 0 Å². The quantitative estimate of drug-likeness (QED) is 0.869. The highest BCUT2D eigenvalue weighted by Crippen LogP contribution is 2.31. The van der Waals surface area contributed by atoms with E-state index in [2.05, 4.69) is 31.2 Å². The third-order valence-corrected chi connectivity index (χ3v) is 5.13. The Morgan fingerprint density at radius 3 is 2.38 bits per heavy atom. The first-order chi connectivity index (χ1) is 12.5. The van der Waals surface area contributed by atoms with E-state index in [1.807, 2.05) is 4.90 Å². The molecule has 1 aliphatic heterocycles. The zero-order chi connectivity index (χ0) is 18.7. The van der Waals surface area contributed by atoms with E-state index < -0.39 is 23.5 Å². The van der Waals surface area contributed by atoms with Crippen LogP contribution in [0.5, 0.6) is 0 Å². The Bertz CT molecular complexity index is 776. The molecule has 0 spiro atoms. The summed E-state index contributed by atoms with van der Waals surface area (Å²) in [7, 11) is 0. The Kier molecular flexibility index (Phi) is 5.67. The number of carbonyl (C=O) groups is 1. The molecule has 0 radical (unpaired) electrons. The Hall–Kier alpha value is -2.27. The number of halogens is 2. The number of benzene rings is 2. The van der Waals surface area contributed by atoms with Crippen LogP contribution in [0.3, 0.4) is 0 Å². The molecule has 3 rings (SSSR count). The van der Waals surface area contributed by atoms with Crippen LogP contribution in [0.15, 0.2) is 42.5 Å². The first-order valence-corrected chi connectivity index (χ1v) is 8.94. The summed E-state index contributed by atoms with van der Waals surface area (Å²) in [5.74, 6) is -2.91. The molecule has 2 aromatic carbocycles. The number of aryl methyl sites for hydroxylation is 1. The SMILES string of the molecule is CCc1ccc(C2CC(C(=O)O)CN(Cc3ccc(F)c(F)c3)C2)cc1. The molecule has 0 aromatic heterocycles. The molecule has 3 nitrogen and oxygen atoms in total. The molecule has 2 atom stereocenters. The number of aliphatic carboxylic acids is 1. The number of likely N-dealkylation sites (tertiary alicyclic amines) is 1. The number of hydrogen-bond donors (Lipinski definition) is 1. The van der Waals surface area contributed by atoms with Gasteiger partial charge < -0.3 is 5.11 Å². The van der Waals surface area contributed by atoms with Gasteiger partial charge in [0.2, 0.25) is 0 Å². The van der Waals surface area contributed by atoms with Crippen LogP contribution in [0.1, 0.15) is 36.0 Å². The number of carboxylic acid groups (broad SMARTS) is 1. The minimum Gasteiger partial charge on any atom is -0.481 e. The zero-order valence-electron chi connectivity index (χ0n) is 14.8. The molecule has 2 unspecified atom stereocenters. The van der Waals surface area contributed by atoms with Crippen molar-refractivity contribution in [1.82, 2.24) is 4.90 Å². The van der Waals surface area contributed by atoms with Crippen molar-refractivity contribution in [3.63, 3.8) is 0 Å².